The van der Waals surface area contributed by atoms with E-state index in [0.717, 1.165) is 19.0 Å². The summed E-state index contributed by atoms with van der Waals surface area (Å²) >= 11 is 0. The molecule has 1 saturated heterocycles. The van der Waals surface area contributed by atoms with Crippen molar-refractivity contribution in [1.29, 1.82) is 0 Å². The molecule has 1 N–H and O–H groups in total. The molecule has 20 heavy (non-hydrogen) atoms. The molecule has 2 nitrogen and oxygen atoms in total. The van der Waals surface area contributed by atoms with Gasteiger partial charge in [-0.2, -0.15) is 0 Å². The van der Waals surface area contributed by atoms with E-state index in [4.69, 9.17) is 0 Å². The molecule has 1 heterocycles. The smallest absolute Gasteiger partial charge is 0.0205 e. The van der Waals surface area contributed by atoms with Gasteiger partial charge in [-0.3, -0.25) is 0 Å². The van der Waals surface area contributed by atoms with Crippen LogP contribution in [0.4, 0.5) is 0 Å². The van der Waals surface area contributed by atoms with Gasteiger partial charge >= 0.3 is 0 Å². The number of hydrogen-bond donors (Lipinski definition) is 1. The van der Waals surface area contributed by atoms with Gasteiger partial charge < -0.3 is 10.2 Å². The van der Waals surface area contributed by atoms with E-state index >= 15 is 0 Å². The van der Waals surface area contributed by atoms with Crippen molar-refractivity contribution in [2.45, 2.75) is 19.4 Å². The van der Waals surface area contributed by atoms with E-state index in [1.54, 1.807) is 0 Å². The molecule has 1 aliphatic heterocycles. The van der Waals surface area contributed by atoms with Gasteiger partial charge in [-0.1, -0.05) is 36.4 Å². The van der Waals surface area contributed by atoms with Gasteiger partial charge in [0.2, 0.25) is 0 Å². The largest absolute Gasteiger partial charge is 0.312 e. The van der Waals surface area contributed by atoms with Gasteiger partial charge in [0, 0.05) is 13.1 Å². The number of nitrogens with one attached hydrogen (secondary N) is 1. The lowest BCUT2D eigenvalue weighted by molar-refractivity contribution is 0.206. The summed E-state index contributed by atoms with van der Waals surface area (Å²) < 4.78 is 0. The summed E-state index contributed by atoms with van der Waals surface area (Å²) in [5, 5.41) is 6.29. The molecule has 0 radical (unpaired) electrons. The number of rotatable bonds is 4. The lowest BCUT2D eigenvalue weighted by atomic mass is 9.98. The fourth-order valence-corrected chi connectivity index (χ4v) is 3.21. The Bertz CT molecular complexity index is 564. The average Bonchev–Trinajstić information content (AvgIpc) is 2.47. The van der Waals surface area contributed by atoms with Crippen LogP contribution in [0.15, 0.2) is 42.5 Å². The maximum Gasteiger partial charge on any atom is 0.0205 e. The Morgan fingerprint density at radius 3 is 2.85 bits per heavy atom. The third kappa shape index (κ3) is 3.38. The molecule has 0 amide bonds. The monoisotopic (exact) mass is 268 g/mol. The lowest BCUT2D eigenvalue weighted by Crippen LogP contribution is -2.37. The second-order valence-corrected chi connectivity index (χ2v) is 6.08. The van der Waals surface area contributed by atoms with Crippen LogP contribution < -0.4 is 5.32 Å². The fraction of sp³-hybridized carbons (Fsp3) is 0.444. The first-order chi connectivity index (χ1) is 9.81. The number of hydrogen-bond acceptors (Lipinski definition) is 2. The highest BCUT2D eigenvalue weighted by Gasteiger charge is 2.16. The molecule has 0 aromatic heterocycles. The third-order valence-corrected chi connectivity index (χ3v) is 4.30. The molecule has 1 unspecified atom stereocenters. The van der Waals surface area contributed by atoms with Crippen LogP contribution in [0.5, 0.6) is 0 Å². The van der Waals surface area contributed by atoms with Crippen LogP contribution in [0.3, 0.4) is 0 Å². The molecule has 2 heteroatoms. The Hall–Kier alpha value is -1.38. The van der Waals surface area contributed by atoms with Crippen molar-refractivity contribution >= 4 is 10.8 Å². The fourth-order valence-electron chi connectivity index (χ4n) is 3.21. The first-order valence-corrected chi connectivity index (χ1v) is 7.68. The molecular formula is C18H24N2. The van der Waals surface area contributed by atoms with Crippen molar-refractivity contribution in [1.82, 2.24) is 10.2 Å². The van der Waals surface area contributed by atoms with E-state index in [2.05, 4.69) is 59.7 Å². The maximum absolute atomic E-state index is 3.63. The predicted molar refractivity (Wildman–Crippen MR) is 85.9 cm³/mol. The molecule has 2 aromatic carbocycles. The predicted octanol–water partition coefficient (Wildman–Crippen LogP) is 3.27. The molecule has 0 spiro atoms. The topological polar surface area (TPSA) is 15.3 Å². The van der Waals surface area contributed by atoms with Gasteiger partial charge in [-0.05, 0) is 61.3 Å². The normalized spacial score (nSPS) is 20.4. The van der Waals surface area contributed by atoms with Crippen molar-refractivity contribution in [3.63, 3.8) is 0 Å². The van der Waals surface area contributed by atoms with Crippen molar-refractivity contribution < 1.29 is 0 Å². The molecule has 1 fully saturated rings. The molecular weight excluding hydrogens is 244 g/mol. The molecule has 1 aliphatic rings. The van der Waals surface area contributed by atoms with Crippen LogP contribution in [-0.4, -0.2) is 31.6 Å². The lowest BCUT2D eigenvalue weighted by Gasteiger charge is -2.29. The maximum atomic E-state index is 3.63. The minimum Gasteiger partial charge on any atom is -0.312 e. The van der Waals surface area contributed by atoms with E-state index < -0.39 is 0 Å². The Balaban J connectivity index is 1.54. The SMILES string of the molecule is CN1CCCC(CNCc2ccc3ccccc3c2)C1. The van der Waals surface area contributed by atoms with Crippen molar-refractivity contribution in [3.8, 4) is 0 Å². The molecule has 0 bridgehead atoms. The van der Waals surface area contributed by atoms with E-state index in [0.29, 0.717) is 0 Å². The average molecular weight is 268 g/mol. The highest BCUT2D eigenvalue weighted by molar-refractivity contribution is 5.82. The third-order valence-electron chi connectivity index (χ3n) is 4.30. The Morgan fingerprint density at radius 2 is 2.00 bits per heavy atom. The second kappa shape index (κ2) is 6.38. The molecule has 3 rings (SSSR count). The molecule has 0 aliphatic carbocycles. The van der Waals surface area contributed by atoms with Gasteiger partial charge in [-0.25, -0.2) is 0 Å². The molecule has 0 saturated carbocycles. The van der Waals surface area contributed by atoms with Crippen molar-refractivity contribution in [2.24, 2.45) is 5.92 Å². The van der Waals surface area contributed by atoms with Crippen LogP contribution in [0.25, 0.3) is 10.8 Å². The van der Waals surface area contributed by atoms with E-state index in [1.165, 1.54) is 42.3 Å². The Morgan fingerprint density at radius 1 is 1.15 bits per heavy atom. The second-order valence-electron chi connectivity index (χ2n) is 6.08. The standard InChI is InChI=1S/C18H24N2/c1-20-10-4-5-16(14-20)13-19-12-15-8-9-17-6-2-3-7-18(17)11-15/h2-3,6-9,11,16,19H,4-5,10,12-14H2,1H3. The number of likely N-dealkylation sites (tertiary alicyclic amines) is 1. The minimum atomic E-state index is 0.814. The summed E-state index contributed by atoms with van der Waals surface area (Å²) in [5.41, 5.74) is 1.38. The number of fused-ring (bicyclic) bond motifs is 1. The van der Waals surface area contributed by atoms with Crippen LogP contribution in [0.2, 0.25) is 0 Å². The van der Waals surface area contributed by atoms with Crippen LogP contribution in [-0.2, 0) is 6.54 Å². The van der Waals surface area contributed by atoms with Crippen LogP contribution in [0, 0.1) is 5.92 Å². The van der Waals surface area contributed by atoms with Gasteiger partial charge in [0.1, 0.15) is 0 Å². The van der Waals surface area contributed by atoms with Crippen molar-refractivity contribution in [3.05, 3.63) is 48.0 Å². The van der Waals surface area contributed by atoms with E-state index in [9.17, 15) is 0 Å². The molecule has 2 aromatic rings. The molecule has 106 valence electrons. The quantitative estimate of drug-likeness (QED) is 0.915. The number of benzene rings is 2. The van der Waals surface area contributed by atoms with Gasteiger partial charge in [-0.15, -0.1) is 0 Å². The molecule has 1 atom stereocenters. The van der Waals surface area contributed by atoms with Crippen LogP contribution in [0.1, 0.15) is 18.4 Å². The zero-order valence-electron chi connectivity index (χ0n) is 12.3. The Kier molecular flexibility index (Phi) is 4.34. The highest BCUT2D eigenvalue weighted by Crippen LogP contribution is 2.16. The number of piperidine rings is 1. The van der Waals surface area contributed by atoms with E-state index in [1.807, 2.05) is 0 Å². The van der Waals surface area contributed by atoms with E-state index in [-0.39, 0.29) is 0 Å². The highest BCUT2D eigenvalue weighted by atomic mass is 15.1. The summed E-state index contributed by atoms with van der Waals surface area (Å²) in [6, 6.07) is 15.3. The first kappa shape index (κ1) is 13.6. The van der Waals surface area contributed by atoms with Crippen molar-refractivity contribution in [2.75, 3.05) is 26.7 Å². The van der Waals surface area contributed by atoms with Crippen LogP contribution >= 0.6 is 0 Å². The zero-order valence-corrected chi connectivity index (χ0v) is 12.3. The minimum absolute atomic E-state index is 0.814. The Labute approximate surface area is 121 Å². The first-order valence-electron chi connectivity index (χ1n) is 7.68. The summed E-state index contributed by atoms with van der Waals surface area (Å²) in [6.07, 6.45) is 2.72. The van der Waals surface area contributed by atoms with Gasteiger partial charge in [0.15, 0.2) is 0 Å². The summed E-state index contributed by atoms with van der Waals surface area (Å²) in [4.78, 5) is 2.45. The van der Waals surface area contributed by atoms with Gasteiger partial charge in [0.05, 0.1) is 0 Å². The van der Waals surface area contributed by atoms with Gasteiger partial charge in [0.25, 0.3) is 0 Å². The zero-order chi connectivity index (χ0) is 13.8. The summed E-state index contributed by atoms with van der Waals surface area (Å²) in [5.74, 6) is 0.814. The number of nitrogens with zero attached hydrogens (tertiary/aromatic N) is 1. The summed E-state index contributed by atoms with van der Waals surface area (Å²) in [7, 11) is 2.23. The summed E-state index contributed by atoms with van der Waals surface area (Å²) in [6.45, 7) is 4.62.